The van der Waals surface area contributed by atoms with E-state index in [0.717, 1.165) is 33.5 Å². The molecule has 0 unspecified atom stereocenters. The van der Waals surface area contributed by atoms with E-state index in [1.165, 1.54) is 0 Å². The van der Waals surface area contributed by atoms with Crippen LogP contribution in [0, 0.1) is 0 Å². The Morgan fingerprint density at radius 3 is 2.91 bits per heavy atom. The van der Waals surface area contributed by atoms with Gasteiger partial charge >= 0.3 is 0 Å². The summed E-state index contributed by atoms with van der Waals surface area (Å²) < 4.78 is 16.3. The smallest absolute Gasteiger partial charge is 0.175 e. The van der Waals surface area contributed by atoms with E-state index in [-0.39, 0.29) is 6.29 Å². The first-order valence-electron chi connectivity index (χ1n) is 7.51. The minimum atomic E-state index is -0.213. The number of anilines is 1. The van der Waals surface area contributed by atoms with Gasteiger partial charge in [-0.25, -0.2) is 9.97 Å². The van der Waals surface area contributed by atoms with E-state index >= 15 is 0 Å². The van der Waals surface area contributed by atoms with Crippen molar-refractivity contribution in [3.05, 3.63) is 24.5 Å². The molecule has 1 N–H and O–H groups in total. The van der Waals surface area contributed by atoms with Crippen LogP contribution in [0.1, 0.15) is 0 Å². The van der Waals surface area contributed by atoms with E-state index in [1.807, 2.05) is 30.1 Å². The highest BCUT2D eigenvalue weighted by molar-refractivity contribution is 6.08. The van der Waals surface area contributed by atoms with Crippen LogP contribution in [0.15, 0.2) is 24.5 Å². The van der Waals surface area contributed by atoms with Crippen molar-refractivity contribution in [1.29, 1.82) is 0 Å². The van der Waals surface area contributed by atoms with Crippen molar-refractivity contribution >= 4 is 27.8 Å². The lowest BCUT2D eigenvalue weighted by atomic mass is 10.2. The molecule has 4 rings (SSSR count). The number of nitrogens with zero attached hydrogens (tertiary/aromatic N) is 3. The van der Waals surface area contributed by atoms with Gasteiger partial charge in [-0.3, -0.25) is 0 Å². The standard InChI is InChI=1S/C16H18N4O3/c1-20(8-13-22-5-6-23-13)16-15-14(17-9-18-16)11-7-10(21-2)3-4-12(11)19-15/h3-4,7,9,13,19H,5-6,8H2,1-2H3. The largest absolute Gasteiger partial charge is 0.497 e. The summed E-state index contributed by atoms with van der Waals surface area (Å²) in [5, 5.41) is 1.02. The predicted molar refractivity (Wildman–Crippen MR) is 86.9 cm³/mol. The molecule has 1 aliphatic heterocycles. The number of fused-ring (bicyclic) bond motifs is 3. The highest BCUT2D eigenvalue weighted by Crippen LogP contribution is 2.31. The molecule has 120 valence electrons. The summed E-state index contributed by atoms with van der Waals surface area (Å²) in [5.74, 6) is 1.63. The molecule has 0 bridgehead atoms. The number of aromatic amines is 1. The molecule has 1 fully saturated rings. The normalized spacial score (nSPS) is 15.6. The maximum atomic E-state index is 5.51. The van der Waals surface area contributed by atoms with Gasteiger partial charge in [0.15, 0.2) is 12.1 Å². The number of aromatic nitrogens is 3. The lowest BCUT2D eigenvalue weighted by Crippen LogP contribution is -2.30. The van der Waals surface area contributed by atoms with Crippen LogP contribution in [0.2, 0.25) is 0 Å². The first-order valence-corrected chi connectivity index (χ1v) is 7.51. The Morgan fingerprint density at radius 2 is 2.13 bits per heavy atom. The second kappa shape index (κ2) is 5.68. The summed E-state index contributed by atoms with van der Waals surface area (Å²) in [6.07, 6.45) is 1.37. The molecule has 7 nitrogen and oxygen atoms in total. The second-order valence-corrected chi connectivity index (χ2v) is 5.51. The Bertz CT molecular complexity index is 842. The van der Waals surface area contributed by atoms with Gasteiger partial charge in [0.05, 0.1) is 26.9 Å². The van der Waals surface area contributed by atoms with Gasteiger partial charge in [0.1, 0.15) is 23.1 Å². The first-order chi connectivity index (χ1) is 11.3. The second-order valence-electron chi connectivity index (χ2n) is 5.51. The van der Waals surface area contributed by atoms with Crippen molar-refractivity contribution in [3.63, 3.8) is 0 Å². The molecule has 0 spiro atoms. The van der Waals surface area contributed by atoms with Crippen molar-refractivity contribution in [2.45, 2.75) is 6.29 Å². The zero-order chi connectivity index (χ0) is 15.8. The highest BCUT2D eigenvalue weighted by Gasteiger charge is 2.21. The molecule has 1 aromatic carbocycles. The molecule has 1 aliphatic rings. The summed E-state index contributed by atoms with van der Waals surface area (Å²) in [6, 6.07) is 5.89. The molecular weight excluding hydrogens is 296 g/mol. The van der Waals surface area contributed by atoms with Crippen LogP contribution < -0.4 is 9.64 Å². The highest BCUT2D eigenvalue weighted by atomic mass is 16.7. The number of H-pyrrole nitrogens is 1. The fourth-order valence-corrected chi connectivity index (χ4v) is 2.90. The van der Waals surface area contributed by atoms with Gasteiger partial charge in [0.2, 0.25) is 0 Å². The van der Waals surface area contributed by atoms with Crippen LogP contribution in [0.3, 0.4) is 0 Å². The topological polar surface area (TPSA) is 72.5 Å². The monoisotopic (exact) mass is 314 g/mol. The number of hydrogen-bond acceptors (Lipinski definition) is 6. The average molecular weight is 314 g/mol. The van der Waals surface area contributed by atoms with E-state index in [9.17, 15) is 0 Å². The van der Waals surface area contributed by atoms with Gasteiger partial charge < -0.3 is 24.1 Å². The molecular formula is C16H18N4O3. The Labute approximate surface area is 133 Å². The van der Waals surface area contributed by atoms with E-state index in [0.29, 0.717) is 19.8 Å². The molecule has 0 radical (unpaired) electrons. The summed E-state index contributed by atoms with van der Waals surface area (Å²) in [7, 11) is 3.63. The van der Waals surface area contributed by atoms with Crippen LogP contribution in [0.5, 0.6) is 5.75 Å². The van der Waals surface area contributed by atoms with Crippen molar-refractivity contribution < 1.29 is 14.2 Å². The number of rotatable bonds is 4. The summed E-state index contributed by atoms with van der Waals surface area (Å²) in [5.41, 5.74) is 2.78. The first kappa shape index (κ1) is 14.2. The lowest BCUT2D eigenvalue weighted by Gasteiger charge is -2.21. The summed E-state index contributed by atoms with van der Waals surface area (Å²) >= 11 is 0. The number of ether oxygens (including phenoxy) is 3. The molecule has 3 aromatic rings. The summed E-state index contributed by atoms with van der Waals surface area (Å²) in [4.78, 5) is 14.3. The Morgan fingerprint density at radius 1 is 1.30 bits per heavy atom. The molecule has 0 atom stereocenters. The van der Waals surface area contributed by atoms with Crippen molar-refractivity contribution in [3.8, 4) is 5.75 Å². The Kier molecular flexibility index (Phi) is 3.51. The zero-order valence-electron chi connectivity index (χ0n) is 13.1. The van der Waals surface area contributed by atoms with Crippen LogP contribution >= 0.6 is 0 Å². The van der Waals surface area contributed by atoms with E-state index in [2.05, 4.69) is 15.0 Å². The third-order valence-electron chi connectivity index (χ3n) is 4.04. The number of hydrogen-bond donors (Lipinski definition) is 1. The number of benzene rings is 1. The van der Waals surface area contributed by atoms with Crippen LogP contribution in [-0.2, 0) is 9.47 Å². The van der Waals surface area contributed by atoms with E-state index in [4.69, 9.17) is 14.2 Å². The minimum Gasteiger partial charge on any atom is -0.497 e. The molecule has 0 aliphatic carbocycles. The Balaban J connectivity index is 1.77. The van der Waals surface area contributed by atoms with Gasteiger partial charge in [-0.1, -0.05) is 0 Å². The quantitative estimate of drug-likeness (QED) is 0.793. The number of likely N-dealkylation sites (N-methyl/N-ethyl adjacent to an activating group) is 1. The SMILES string of the molecule is COc1ccc2[nH]c3c(N(C)CC4OCCO4)ncnc3c2c1. The third-order valence-corrected chi connectivity index (χ3v) is 4.04. The minimum absolute atomic E-state index is 0.213. The fraction of sp³-hybridized carbons (Fsp3) is 0.375. The third kappa shape index (κ3) is 2.47. The summed E-state index contributed by atoms with van der Waals surface area (Å²) in [6.45, 7) is 1.90. The van der Waals surface area contributed by atoms with Crippen LogP contribution in [0.25, 0.3) is 21.9 Å². The maximum Gasteiger partial charge on any atom is 0.175 e. The van der Waals surface area contributed by atoms with Gasteiger partial charge in [0.25, 0.3) is 0 Å². The molecule has 7 heteroatoms. The molecule has 2 aromatic heterocycles. The Hall–Kier alpha value is -2.38. The molecule has 0 saturated carbocycles. The maximum absolute atomic E-state index is 5.51. The van der Waals surface area contributed by atoms with E-state index < -0.39 is 0 Å². The predicted octanol–water partition coefficient (Wildman–Crippen LogP) is 1.93. The van der Waals surface area contributed by atoms with Gasteiger partial charge in [0, 0.05) is 18.0 Å². The number of methoxy groups -OCH3 is 1. The van der Waals surface area contributed by atoms with Crippen molar-refractivity contribution in [1.82, 2.24) is 15.0 Å². The fourth-order valence-electron chi connectivity index (χ4n) is 2.90. The van der Waals surface area contributed by atoms with Gasteiger partial charge in [-0.15, -0.1) is 0 Å². The molecule has 0 amide bonds. The van der Waals surface area contributed by atoms with Crippen LogP contribution in [0.4, 0.5) is 5.82 Å². The average Bonchev–Trinajstić information content (AvgIpc) is 3.21. The van der Waals surface area contributed by atoms with Gasteiger partial charge in [-0.05, 0) is 18.2 Å². The van der Waals surface area contributed by atoms with Crippen LogP contribution in [-0.4, -0.2) is 55.2 Å². The van der Waals surface area contributed by atoms with Gasteiger partial charge in [-0.2, -0.15) is 0 Å². The molecule has 1 saturated heterocycles. The molecule has 3 heterocycles. The molecule has 23 heavy (non-hydrogen) atoms. The lowest BCUT2D eigenvalue weighted by molar-refractivity contribution is -0.0336. The van der Waals surface area contributed by atoms with Crippen molar-refractivity contribution in [2.75, 3.05) is 38.8 Å². The zero-order valence-corrected chi connectivity index (χ0v) is 13.1. The van der Waals surface area contributed by atoms with E-state index in [1.54, 1.807) is 13.4 Å². The number of nitrogens with one attached hydrogen (secondary N) is 1. The van der Waals surface area contributed by atoms with Crippen molar-refractivity contribution in [2.24, 2.45) is 0 Å².